The predicted molar refractivity (Wildman–Crippen MR) is 103 cm³/mol. The minimum atomic E-state index is 0.830. The van der Waals surface area contributed by atoms with Gasteiger partial charge in [0, 0.05) is 51.3 Å². The highest BCUT2D eigenvalue weighted by atomic mass is 15.4. The highest BCUT2D eigenvalue weighted by Crippen LogP contribution is 2.23. The van der Waals surface area contributed by atoms with Crippen LogP contribution in [-0.2, 0) is 6.54 Å². The van der Waals surface area contributed by atoms with Crippen molar-refractivity contribution in [2.24, 2.45) is 5.10 Å². The van der Waals surface area contributed by atoms with Crippen LogP contribution in [0, 0.1) is 0 Å². The van der Waals surface area contributed by atoms with Crippen molar-refractivity contribution in [2.75, 3.05) is 26.0 Å². The number of imidazole rings is 1. The quantitative estimate of drug-likeness (QED) is 0.408. The van der Waals surface area contributed by atoms with Gasteiger partial charge in [-0.1, -0.05) is 42.5 Å². The molecule has 0 aliphatic rings. The summed E-state index contributed by atoms with van der Waals surface area (Å²) in [5, 5.41) is 6.49. The van der Waals surface area contributed by atoms with Crippen LogP contribution in [0.25, 0.3) is 0 Å². The van der Waals surface area contributed by atoms with Crippen molar-refractivity contribution in [2.45, 2.75) is 6.54 Å². The summed E-state index contributed by atoms with van der Waals surface area (Å²) in [5.41, 5.74) is 3.46. The van der Waals surface area contributed by atoms with Gasteiger partial charge in [0.25, 0.3) is 0 Å². The van der Waals surface area contributed by atoms with Gasteiger partial charge < -0.3 is 9.91 Å². The first-order chi connectivity index (χ1) is 12.1. The maximum atomic E-state index is 4.69. The second kappa shape index (κ2) is 7.66. The van der Waals surface area contributed by atoms with Crippen LogP contribution < -0.4 is 4.90 Å². The third kappa shape index (κ3) is 4.07. The molecule has 0 amide bonds. The number of hydrogen-bond acceptors (Lipinski definition) is 4. The van der Waals surface area contributed by atoms with Crippen molar-refractivity contribution in [3.8, 4) is 0 Å². The van der Waals surface area contributed by atoms with Crippen LogP contribution in [0.15, 0.2) is 78.4 Å². The molecular formula is C20H23N5. The lowest BCUT2D eigenvalue weighted by Gasteiger charge is -2.24. The monoisotopic (exact) mass is 333 g/mol. The summed E-state index contributed by atoms with van der Waals surface area (Å²) >= 11 is 0. The van der Waals surface area contributed by atoms with E-state index in [-0.39, 0.29) is 0 Å². The summed E-state index contributed by atoms with van der Waals surface area (Å²) in [7, 11) is 5.95. The van der Waals surface area contributed by atoms with Crippen molar-refractivity contribution in [1.82, 2.24) is 14.6 Å². The fourth-order valence-corrected chi connectivity index (χ4v) is 2.76. The van der Waals surface area contributed by atoms with Crippen molar-refractivity contribution in [1.29, 1.82) is 0 Å². The Labute approximate surface area is 148 Å². The summed E-state index contributed by atoms with van der Waals surface area (Å²) in [5.74, 6) is 0.845. The van der Waals surface area contributed by atoms with E-state index in [0.717, 1.165) is 23.6 Å². The number of rotatable bonds is 5. The first kappa shape index (κ1) is 16.8. The molecule has 0 radical (unpaired) electrons. The molecule has 0 unspecified atom stereocenters. The molecule has 0 bridgehead atoms. The van der Waals surface area contributed by atoms with E-state index in [1.807, 2.05) is 42.0 Å². The largest absolute Gasteiger partial charge is 0.370 e. The molecule has 3 rings (SSSR count). The number of hydrazone groups is 1. The Morgan fingerprint density at radius 3 is 2.40 bits per heavy atom. The van der Waals surface area contributed by atoms with Gasteiger partial charge in [-0.2, -0.15) is 5.10 Å². The summed E-state index contributed by atoms with van der Waals surface area (Å²) in [6.45, 7) is 0.830. The number of anilines is 1. The Morgan fingerprint density at radius 1 is 1.00 bits per heavy atom. The van der Waals surface area contributed by atoms with Crippen LogP contribution in [0.1, 0.15) is 11.1 Å². The van der Waals surface area contributed by atoms with Gasteiger partial charge in [0.2, 0.25) is 0 Å². The molecule has 5 heteroatoms. The van der Waals surface area contributed by atoms with Crippen LogP contribution >= 0.6 is 0 Å². The van der Waals surface area contributed by atoms with Gasteiger partial charge in [-0.05, 0) is 17.7 Å². The normalized spacial score (nSPS) is 11.4. The third-order valence-corrected chi connectivity index (χ3v) is 3.86. The van der Waals surface area contributed by atoms with E-state index < -0.39 is 0 Å². The molecule has 0 saturated carbocycles. The van der Waals surface area contributed by atoms with Crippen LogP contribution in [0.3, 0.4) is 0 Å². The fourth-order valence-electron chi connectivity index (χ4n) is 2.76. The number of benzene rings is 2. The Kier molecular flexibility index (Phi) is 5.14. The van der Waals surface area contributed by atoms with Crippen molar-refractivity contribution in [3.63, 3.8) is 0 Å². The van der Waals surface area contributed by atoms with Gasteiger partial charge in [-0.3, -0.25) is 4.57 Å². The second-order valence-corrected chi connectivity index (χ2v) is 6.10. The summed E-state index contributed by atoms with van der Waals surface area (Å²) in [4.78, 5) is 6.41. The minimum absolute atomic E-state index is 0.830. The molecule has 0 fully saturated rings. The maximum absolute atomic E-state index is 4.69. The molecule has 25 heavy (non-hydrogen) atoms. The molecule has 0 aliphatic carbocycles. The topological polar surface area (TPSA) is 36.7 Å². The van der Waals surface area contributed by atoms with Gasteiger partial charge >= 0.3 is 0 Å². The zero-order valence-electron chi connectivity index (χ0n) is 14.9. The fraction of sp³-hybridized carbons (Fsp3) is 0.200. The molecule has 128 valence electrons. The lowest BCUT2D eigenvalue weighted by atomic mass is 10.1. The van der Waals surface area contributed by atoms with Gasteiger partial charge in [0.15, 0.2) is 5.84 Å². The number of nitrogens with zero attached hydrogens (tertiary/aromatic N) is 5. The maximum Gasteiger partial charge on any atom is 0.167 e. The van der Waals surface area contributed by atoms with Crippen LogP contribution in [0.4, 0.5) is 5.69 Å². The van der Waals surface area contributed by atoms with Crippen molar-refractivity contribution < 1.29 is 0 Å². The highest BCUT2D eigenvalue weighted by molar-refractivity contribution is 6.04. The molecule has 2 aromatic carbocycles. The molecule has 5 nitrogen and oxygen atoms in total. The van der Waals surface area contributed by atoms with E-state index >= 15 is 0 Å². The molecule has 0 spiro atoms. The van der Waals surface area contributed by atoms with Gasteiger partial charge in [-0.25, -0.2) is 4.98 Å². The SMILES string of the molecule is CN(C)N=C(c1ccccc1N(C)Cc1ccccc1)n1ccnc1. The Hall–Kier alpha value is -3.08. The average molecular weight is 333 g/mol. The Morgan fingerprint density at radius 2 is 1.72 bits per heavy atom. The molecular weight excluding hydrogens is 310 g/mol. The standard InChI is InChI=1S/C20H23N5/c1-23(2)22-20(25-14-13-21-16-25)18-11-7-8-12-19(18)24(3)15-17-9-5-4-6-10-17/h4-14,16H,15H2,1-3H3. The first-order valence-electron chi connectivity index (χ1n) is 8.24. The molecule has 0 atom stereocenters. The molecule has 1 aromatic heterocycles. The van der Waals surface area contributed by atoms with Gasteiger partial charge in [-0.15, -0.1) is 0 Å². The van der Waals surface area contributed by atoms with Gasteiger partial charge in [0.05, 0.1) is 0 Å². The number of aromatic nitrogens is 2. The van der Waals surface area contributed by atoms with E-state index in [0.29, 0.717) is 0 Å². The highest BCUT2D eigenvalue weighted by Gasteiger charge is 2.15. The molecule has 3 aromatic rings. The van der Waals surface area contributed by atoms with E-state index in [9.17, 15) is 0 Å². The number of hydrogen-bond donors (Lipinski definition) is 0. The van der Waals surface area contributed by atoms with Crippen LogP contribution in [0.5, 0.6) is 0 Å². The van der Waals surface area contributed by atoms with E-state index in [1.54, 1.807) is 12.5 Å². The first-order valence-corrected chi connectivity index (χ1v) is 8.24. The summed E-state index contributed by atoms with van der Waals surface area (Å²) in [6, 6.07) is 18.8. The molecule has 0 N–H and O–H groups in total. The Bertz CT molecular complexity index is 822. The minimum Gasteiger partial charge on any atom is -0.370 e. The molecule has 0 aliphatic heterocycles. The Balaban J connectivity index is 1.99. The smallest absolute Gasteiger partial charge is 0.167 e. The van der Waals surface area contributed by atoms with E-state index in [1.165, 1.54) is 5.56 Å². The predicted octanol–water partition coefficient (Wildman–Crippen LogP) is 3.29. The van der Waals surface area contributed by atoms with Crippen LogP contribution in [-0.4, -0.2) is 41.5 Å². The summed E-state index contributed by atoms with van der Waals surface area (Å²) in [6.07, 6.45) is 5.45. The van der Waals surface area contributed by atoms with Gasteiger partial charge in [0.1, 0.15) is 6.33 Å². The lowest BCUT2D eigenvalue weighted by Crippen LogP contribution is -2.23. The molecule has 0 saturated heterocycles. The zero-order valence-corrected chi connectivity index (χ0v) is 14.9. The number of para-hydroxylation sites is 1. The summed E-state index contributed by atoms with van der Waals surface area (Å²) < 4.78 is 1.94. The van der Waals surface area contributed by atoms with Crippen molar-refractivity contribution >= 4 is 11.5 Å². The third-order valence-electron chi connectivity index (χ3n) is 3.86. The van der Waals surface area contributed by atoms with Crippen molar-refractivity contribution in [3.05, 3.63) is 84.4 Å². The van der Waals surface area contributed by atoms with E-state index in [4.69, 9.17) is 0 Å². The zero-order chi connectivity index (χ0) is 17.6. The lowest BCUT2D eigenvalue weighted by molar-refractivity contribution is 0.435. The molecule has 1 heterocycles. The van der Waals surface area contributed by atoms with Crippen LogP contribution in [0.2, 0.25) is 0 Å². The average Bonchev–Trinajstić information content (AvgIpc) is 3.15. The van der Waals surface area contributed by atoms with E-state index in [2.05, 4.69) is 64.5 Å². The second-order valence-electron chi connectivity index (χ2n) is 6.10.